The zero-order chi connectivity index (χ0) is 17.9. The number of hydrogen-bond acceptors (Lipinski definition) is 4. The Labute approximate surface area is 154 Å². The van der Waals surface area contributed by atoms with Gasteiger partial charge in [0.25, 0.3) is 5.91 Å². The molecule has 2 aromatic rings. The molecule has 0 radical (unpaired) electrons. The van der Waals surface area contributed by atoms with Crippen molar-refractivity contribution in [3.05, 3.63) is 47.3 Å². The van der Waals surface area contributed by atoms with Gasteiger partial charge in [-0.25, -0.2) is 0 Å². The normalized spacial score (nSPS) is 19.8. The molecule has 0 aliphatic carbocycles. The topological polar surface area (TPSA) is 59.4 Å². The summed E-state index contributed by atoms with van der Waals surface area (Å²) in [5, 5.41) is 7.09. The van der Waals surface area contributed by atoms with Crippen LogP contribution >= 0.6 is 0 Å². The lowest BCUT2D eigenvalue weighted by Crippen LogP contribution is -2.38. The second kappa shape index (κ2) is 7.50. The predicted molar refractivity (Wildman–Crippen MR) is 99.7 cm³/mol. The molecule has 1 atom stereocenters. The highest BCUT2D eigenvalue weighted by atomic mass is 16.5. The summed E-state index contributed by atoms with van der Waals surface area (Å²) in [5.74, 6) is 0.925. The molecule has 1 amide bonds. The smallest absolute Gasteiger partial charge is 0.271 e. The Bertz CT molecular complexity index is 786. The van der Waals surface area contributed by atoms with E-state index >= 15 is 0 Å². The summed E-state index contributed by atoms with van der Waals surface area (Å²) in [6.45, 7) is 3.99. The molecule has 1 N–H and O–H groups in total. The first-order valence-corrected chi connectivity index (χ1v) is 9.47. The zero-order valence-corrected chi connectivity index (χ0v) is 15.3. The van der Waals surface area contributed by atoms with Crippen molar-refractivity contribution < 1.29 is 9.53 Å². The first kappa shape index (κ1) is 17.1. The number of piperidine rings is 1. The molecule has 4 rings (SSSR count). The molecule has 138 valence electrons. The van der Waals surface area contributed by atoms with Gasteiger partial charge < -0.3 is 15.0 Å². The van der Waals surface area contributed by atoms with Crippen molar-refractivity contribution in [2.45, 2.75) is 31.7 Å². The summed E-state index contributed by atoms with van der Waals surface area (Å²) in [4.78, 5) is 14.2. The number of carbonyl (C=O) groups is 1. The molecule has 1 saturated heterocycles. The van der Waals surface area contributed by atoms with E-state index in [0.29, 0.717) is 11.7 Å². The van der Waals surface area contributed by atoms with Crippen LogP contribution in [0.15, 0.2) is 30.5 Å². The molecule has 3 heterocycles. The van der Waals surface area contributed by atoms with Crippen LogP contribution < -0.4 is 10.1 Å². The number of nitrogens with one attached hydrogen (secondary N) is 1. The fraction of sp³-hybridized carbons (Fsp3) is 0.500. The molecule has 0 bridgehead atoms. The lowest BCUT2D eigenvalue weighted by atomic mass is 10.0. The van der Waals surface area contributed by atoms with Crippen LogP contribution in [0, 0.1) is 0 Å². The van der Waals surface area contributed by atoms with Crippen LogP contribution in [0.5, 0.6) is 5.75 Å². The van der Waals surface area contributed by atoms with E-state index in [4.69, 9.17) is 4.74 Å². The van der Waals surface area contributed by atoms with Crippen LogP contribution in [-0.4, -0.2) is 53.9 Å². The number of rotatable bonds is 5. The standard InChI is InChI=1S/C20H26N4O2/c1-21-20(25)18-7-11-24(22-18)17-3-2-9-23(14-17)10-6-15-4-5-19-16(13-15)8-12-26-19/h4-5,7,11,13,17H,2-3,6,8-10,12,14H2,1H3,(H,21,25)/t17-/m1/s1. The molecule has 26 heavy (non-hydrogen) atoms. The van der Waals surface area contributed by atoms with E-state index in [0.717, 1.165) is 57.7 Å². The number of benzene rings is 1. The summed E-state index contributed by atoms with van der Waals surface area (Å²) >= 11 is 0. The van der Waals surface area contributed by atoms with Gasteiger partial charge in [-0.05, 0) is 49.1 Å². The van der Waals surface area contributed by atoms with Crippen LogP contribution in [0.3, 0.4) is 0 Å². The number of nitrogens with zero attached hydrogens (tertiary/aromatic N) is 3. The minimum Gasteiger partial charge on any atom is -0.493 e. The van der Waals surface area contributed by atoms with Crippen molar-refractivity contribution in [3.63, 3.8) is 0 Å². The summed E-state index contributed by atoms with van der Waals surface area (Å²) in [7, 11) is 1.63. The zero-order valence-electron chi connectivity index (χ0n) is 15.3. The quantitative estimate of drug-likeness (QED) is 0.893. The third kappa shape index (κ3) is 3.60. The van der Waals surface area contributed by atoms with Crippen molar-refractivity contribution in [3.8, 4) is 5.75 Å². The summed E-state index contributed by atoms with van der Waals surface area (Å²) in [6.07, 6.45) is 6.29. The second-order valence-corrected chi connectivity index (χ2v) is 7.15. The molecule has 6 nitrogen and oxygen atoms in total. The summed E-state index contributed by atoms with van der Waals surface area (Å²) in [6, 6.07) is 8.74. The summed E-state index contributed by atoms with van der Waals surface area (Å²) in [5.41, 5.74) is 3.22. The van der Waals surface area contributed by atoms with Gasteiger partial charge in [-0.15, -0.1) is 0 Å². The van der Waals surface area contributed by atoms with E-state index in [1.807, 2.05) is 10.9 Å². The third-order valence-electron chi connectivity index (χ3n) is 5.39. The number of fused-ring (bicyclic) bond motifs is 1. The highest BCUT2D eigenvalue weighted by molar-refractivity contribution is 5.91. The molecule has 6 heteroatoms. The first-order chi connectivity index (χ1) is 12.7. The van der Waals surface area contributed by atoms with Crippen molar-refractivity contribution in [1.82, 2.24) is 20.0 Å². The Morgan fingerprint density at radius 1 is 1.38 bits per heavy atom. The molecular weight excluding hydrogens is 328 g/mol. The van der Waals surface area contributed by atoms with Gasteiger partial charge in [0.1, 0.15) is 11.4 Å². The number of likely N-dealkylation sites (tertiary alicyclic amines) is 1. The number of carbonyl (C=O) groups excluding carboxylic acids is 1. The maximum atomic E-state index is 11.7. The predicted octanol–water partition coefficient (Wildman–Crippen LogP) is 2.06. The molecule has 1 aromatic heterocycles. The SMILES string of the molecule is CNC(=O)c1ccn([C@@H]2CCCN(CCc3ccc4c(c3)CCO4)C2)n1. The third-order valence-corrected chi connectivity index (χ3v) is 5.39. The maximum Gasteiger partial charge on any atom is 0.271 e. The lowest BCUT2D eigenvalue weighted by molar-refractivity contribution is 0.0956. The van der Waals surface area contributed by atoms with Gasteiger partial charge in [-0.1, -0.05) is 12.1 Å². The highest BCUT2D eigenvalue weighted by Gasteiger charge is 2.22. The van der Waals surface area contributed by atoms with Crippen molar-refractivity contribution in [2.24, 2.45) is 0 Å². The molecule has 0 saturated carbocycles. The molecule has 1 fully saturated rings. The van der Waals surface area contributed by atoms with Gasteiger partial charge in [-0.3, -0.25) is 9.48 Å². The van der Waals surface area contributed by atoms with Crippen molar-refractivity contribution >= 4 is 5.91 Å². The maximum absolute atomic E-state index is 11.7. The van der Waals surface area contributed by atoms with E-state index in [2.05, 4.69) is 33.5 Å². The molecule has 0 unspecified atom stereocenters. The Morgan fingerprint density at radius 2 is 2.31 bits per heavy atom. The van der Waals surface area contributed by atoms with E-state index in [9.17, 15) is 4.79 Å². The van der Waals surface area contributed by atoms with Crippen molar-refractivity contribution in [2.75, 3.05) is 33.3 Å². The van der Waals surface area contributed by atoms with Crippen LogP contribution in [0.1, 0.15) is 40.5 Å². The number of aromatic nitrogens is 2. The van der Waals surface area contributed by atoms with Crippen LogP contribution in [0.2, 0.25) is 0 Å². The van der Waals surface area contributed by atoms with E-state index in [-0.39, 0.29) is 5.91 Å². The Kier molecular flexibility index (Phi) is 4.93. The van der Waals surface area contributed by atoms with Crippen LogP contribution in [0.25, 0.3) is 0 Å². The first-order valence-electron chi connectivity index (χ1n) is 9.47. The van der Waals surface area contributed by atoms with Gasteiger partial charge in [-0.2, -0.15) is 5.10 Å². The highest BCUT2D eigenvalue weighted by Crippen LogP contribution is 2.26. The lowest BCUT2D eigenvalue weighted by Gasteiger charge is -2.32. The van der Waals surface area contributed by atoms with E-state index in [1.165, 1.54) is 11.1 Å². The molecule has 2 aliphatic heterocycles. The summed E-state index contributed by atoms with van der Waals surface area (Å²) < 4.78 is 7.55. The minimum absolute atomic E-state index is 0.128. The van der Waals surface area contributed by atoms with Gasteiger partial charge >= 0.3 is 0 Å². The second-order valence-electron chi connectivity index (χ2n) is 7.15. The molecular formula is C20H26N4O2. The average Bonchev–Trinajstić information content (AvgIpc) is 3.35. The van der Waals surface area contributed by atoms with Gasteiger partial charge in [0.15, 0.2) is 0 Å². The number of amides is 1. The van der Waals surface area contributed by atoms with Gasteiger partial charge in [0, 0.05) is 32.8 Å². The molecule has 1 aromatic carbocycles. The van der Waals surface area contributed by atoms with E-state index < -0.39 is 0 Å². The van der Waals surface area contributed by atoms with Gasteiger partial charge in [0.2, 0.25) is 0 Å². The Hall–Kier alpha value is -2.34. The fourth-order valence-corrected chi connectivity index (χ4v) is 3.92. The Morgan fingerprint density at radius 3 is 3.19 bits per heavy atom. The van der Waals surface area contributed by atoms with E-state index in [1.54, 1.807) is 13.1 Å². The van der Waals surface area contributed by atoms with Gasteiger partial charge in [0.05, 0.1) is 12.6 Å². The Balaban J connectivity index is 1.35. The number of hydrogen-bond donors (Lipinski definition) is 1. The fourth-order valence-electron chi connectivity index (χ4n) is 3.92. The largest absolute Gasteiger partial charge is 0.493 e. The molecule has 2 aliphatic rings. The minimum atomic E-state index is -0.128. The average molecular weight is 354 g/mol. The molecule has 0 spiro atoms. The van der Waals surface area contributed by atoms with Crippen LogP contribution in [0.4, 0.5) is 0 Å². The number of ether oxygens (including phenoxy) is 1. The monoisotopic (exact) mass is 354 g/mol. The van der Waals surface area contributed by atoms with Crippen LogP contribution in [-0.2, 0) is 12.8 Å². The van der Waals surface area contributed by atoms with Crippen molar-refractivity contribution in [1.29, 1.82) is 0 Å².